The van der Waals surface area contributed by atoms with Crippen LogP contribution in [0.15, 0.2) is 35.7 Å². The van der Waals surface area contributed by atoms with Crippen LogP contribution in [-0.2, 0) is 0 Å². The summed E-state index contributed by atoms with van der Waals surface area (Å²) in [5.74, 6) is 0. The van der Waals surface area contributed by atoms with Crippen LogP contribution in [0.25, 0.3) is 10.1 Å². The SMILES string of the molecule is Cl.ClCCl.c1ccc2sccc2c1. The standard InChI is InChI=1S/C8H6S.CH2Cl2.ClH/c1-2-4-8-7(3-1)5-6-9-8;2-1-3;/h1-6H;1H2;1H. The van der Waals surface area contributed by atoms with Crippen molar-refractivity contribution in [1.82, 2.24) is 0 Å². The van der Waals surface area contributed by atoms with E-state index in [9.17, 15) is 0 Å². The Labute approximate surface area is 97.9 Å². The molecular formula is C9H9Cl3S. The molecule has 0 unspecified atom stereocenters. The molecule has 0 nitrogen and oxygen atoms in total. The Hall–Kier alpha value is 0.0500. The third-order valence-corrected chi connectivity index (χ3v) is 2.26. The molecule has 2 aromatic rings. The van der Waals surface area contributed by atoms with Crippen LogP contribution in [0.3, 0.4) is 0 Å². The van der Waals surface area contributed by atoms with Gasteiger partial charge >= 0.3 is 0 Å². The van der Waals surface area contributed by atoms with Crippen LogP contribution >= 0.6 is 46.9 Å². The van der Waals surface area contributed by atoms with Crippen LogP contribution in [0.1, 0.15) is 0 Å². The van der Waals surface area contributed by atoms with E-state index in [4.69, 9.17) is 23.2 Å². The van der Waals surface area contributed by atoms with E-state index in [0.29, 0.717) is 0 Å². The molecule has 0 atom stereocenters. The number of rotatable bonds is 0. The number of halogens is 3. The van der Waals surface area contributed by atoms with E-state index in [-0.39, 0.29) is 17.7 Å². The Morgan fingerprint density at radius 2 is 1.69 bits per heavy atom. The number of hydrogen-bond acceptors (Lipinski definition) is 1. The van der Waals surface area contributed by atoms with Gasteiger partial charge in [-0.25, -0.2) is 0 Å². The fourth-order valence-electron chi connectivity index (χ4n) is 0.906. The summed E-state index contributed by atoms with van der Waals surface area (Å²) in [4.78, 5) is 0. The van der Waals surface area contributed by atoms with Gasteiger partial charge in [0.15, 0.2) is 0 Å². The first-order chi connectivity index (χ1) is 5.88. The lowest BCUT2D eigenvalue weighted by Gasteiger charge is -1.82. The van der Waals surface area contributed by atoms with Crippen LogP contribution in [0.4, 0.5) is 0 Å². The Bertz CT molecular complexity index is 302. The molecular weight excluding hydrogens is 247 g/mol. The van der Waals surface area contributed by atoms with Gasteiger partial charge in [-0.15, -0.1) is 46.9 Å². The van der Waals surface area contributed by atoms with Crippen molar-refractivity contribution in [2.45, 2.75) is 0 Å². The normalized spacial score (nSPS) is 8.46. The fourth-order valence-corrected chi connectivity index (χ4v) is 1.70. The topological polar surface area (TPSA) is 0 Å². The molecule has 0 aliphatic heterocycles. The quantitative estimate of drug-likeness (QED) is 0.596. The number of thiophene rings is 1. The van der Waals surface area contributed by atoms with Crippen LogP contribution in [0.5, 0.6) is 0 Å². The fraction of sp³-hybridized carbons (Fsp3) is 0.111. The van der Waals surface area contributed by atoms with E-state index in [1.54, 1.807) is 11.3 Å². The third-order valence-electron chi connectivity index (χ3n) is 1.36. The van der Waals surface area contributed by atoms with Crippen molar-refractivity contribution >= 4 is 57.0 Å². The Morgan fingerprint density at radius 1 is 1.08 bits per heavy atom. The maximum absolute atomic E-state index is 4.76. The zero-order valence-corrected chi connectivity index (χ0v) is 9.89. The summed E-state index contributed by atoms with van der Waals surface area (Å²) < 4.78 is 1.37. The highest BCUT2D eigenvalue weighted by molar-refractivity contribution is 7.17. The molecule has 0 saturated carbocycles. The van der Waals surface area contributed by atoms with Gasteiger partial charge in [0, 0.05) is 4.70 Å². The lowest BCUT2D eigenvalue weighted by molar-refractivity contribution is 1.86. The minimum absolute atomic E-state index is 0. The van der Waals surface area contributed by atoms with Crippen LogP contribution in [-0.4, -0.2) is 5.34 Å². The first-order valence-electron chi connectivity index (χ1n) is 3.42. The highest BCUT2D eigenvalue weighted by atomic mass is 35.5. The third kappa shape index (κ3) is 4.19. The van der Waals surface area contributed by atoms with Gasteiger partial charge < -0.3 is 0 Å². The smallest absolute Gasteiger partial charge is 0.0967 e. The first kappa shape index (κ1) is 13.1. The highest BCUT2D eigenvalue weighted by Gasteiger charge is 1.87. The Balaban J connectivity index is 0.000000324. The molecule has 0 aliphatic carbocycles. The molecule has 72 valence electrons. The van der Waals surface area contributed by atoms with Crippen LogP contribution < -0.4 is 0 Å². The van der Waals surface area contributed by atoms with Crippen molar-refractivity contribution in [3.63, 3.8) is 0 Å². The molecule has 0 radical (unpaired) electrons. The van der Waals surface area contributed by atoms with Gasteiger partial charge in [-0.2, -0.15) is 0 Å². The summed E-state index contributed by atoms with van der Waals surface area (Å²) in [5.41, 5.74) is 0. The van der Waals surface area contributed by atoms with Crippen molar-refractivity contribution in [3.8, 4) is 0 Å². The summed E-state index contributed by atoms with van der Waals surface area (Å²) >= 11 is 11.3. The predicted octanol–water partition coefficient (Wildman–Crippen LogP) is 4.74. The van der Waals surface area contributed by atoms with Crippen molar-refractivity contribution in [2.75, 3.05) is 5.34 Å². The summed E-state index contributed by atoms with van der Waals surface area (Å²) in [6.45, 7) is 0. The second-order valence-corrected chi connectivity index (χ2v) is 3.82. The van der Waals surface area contributed by atoms with Gasteiger partial charge in [0.1, 0.15) is 0 Å². The number of benzene rings is 1. The van der Waals surface area contributed by atoms with Crippen molar-refractivity contribution in [3.05, 3.63) is 35.7 Å². The summed E-state index contributed by atoms with van der Waals surface area (Å²) in [7, 11) is 0. The lowest BCUT2D eigenvalue weighted by Crippen LogP contribution is -1.56. The highest BCUT2D eigenvalue weighted by Crippen LogP contribution is 2.18. The zero-order chi connectivity index (χ0) is 8.81. The zero-order valence-electron chi connectivity index (χ0n) is 6.74. The molecule has 0 N–H and O–H groups in total. The Morgan fingerprint density at radius 3 is 2.31 bits per heavy atom. The van der Waals surface area contributed by atoms with Crippen molar-refractivity contribution in [1.29, 1.82) is 0 Å². The molecule has 0 aliphatic rings. The van der Waals surface area contributed by atoms with Gasteiger partial charge in [0.05, 0.1) is 5.34 Å². The average Bonchev–Trinajstić information content (AvgIpc) is 2.52. The average molecular weight is 256 g/mol. The Kier molecular flexibility index (Phi) is 7.48. The monoisotopic (exact) mass is 254 g/mol. The minimum atomic E-state index is 0. The second-order valence-electron chi connectivity index (χ2n) is 2.06. The van der Waals surface area contributed by atoms with Gasteiger partial charge in [-0.3, -0.25) is 0 Å². The molecule has 0 fully saturated rings. The lowest BCUT2D eigenvalue weighted by atomic mass is 10.3. The van der Waals surface area contributed by atoms with Gasteiger partial charge in [0.25, 0.3) is 0 Å². The van der Waals surface area contributed by atoms with E-state index < -0.39 is 0 Å². The van der Waals surface area contributed by atoms with Gasteiger partial charge in [-0.05, 0) is 22.9 Å². The molecule has 4 heteroatoms. The molecule has 1 heterocycles. The molecule has 2 rings (SSSR count). The van der Waals surface area contributed by atoms with E-state index in [2.05, 4.69) is 35.7 Å². The van der Waals surface area contributed by atoms with Gasteiger partial charge in [0.2, 0.25) is 0 Å². The first-order valence-corrected chi connectivity index (χ1v) is 5.37. The maximum Gasteiger partial charge on any atom is 0.0967 e. The number of hydrogen-bond donors (Lipinski definition) is 0. The van der Waals surface area contributed by atoms with E-state index in [1.807, 2.05) is 0 Å². The molecule has 13 heavy (non-hydrogen) atoms. The van der Waals surface area contributed by atoms with Crippen LogP contribution in [0, 0.1) is 0 Å². The number of alkyl halides is 2. The molecule has 0 saturated heterocycles. The molecule has 1 aromatic carbocycles. The van der Waals surface area contributed by atoms with E-state index >= 15 is 0 Å². The van der Waals surface area contributed by atoms with E-state index in [1.165, 1.54) is 10.1 Å². The van der Waals surface area contributed by atoms with E-state index in [0.717, 1.165) is 0 Å². The van der Waals surface area contributed by atoms with Crippen molar-refractivity contribution < 1.29 is 0 Å². The van der Waals surface area contributed by atoms with Crippen molar-refractivity contribution in [2.24, 2.45) is 0 Å². The van der Waals surface area contributed by atoms with Crippen LogP contribution in [0.2, 0.25) is 0 Å². The molecule has 1 aromatic heterocycles. The number of fused-ring (bicyclic) bond motifs is 1. The molecule has 0 bridgehead atoms. The summed E-state index contributed by atoms with van der Waals surface area (Å²) in [6, 6.07) is 10.5. The second kappa shape index (κ2) is 7.45. The minimum Gasteiger partial charge on any atom is -0.147 e. The largest absolute Gasteiger partial charge is 0.147 e. The van der Waals surface area contributed by atoms with Gasteiger partial charge in [-0.1, -0.05) is 18.2 Å². The predicted molar refractivity (Wildman–Crippen MR) is 65.6 cm³/mol. The molecule has 0 amide bonds. The molecule has 0 spiro atoms. The maximum atomic E-state index is 4.76. The summed E-state index contributed by atoms with van der Waals surface area (Å²) in [6.07, 6.45) is 0. The summed E-state index contributed by atoms with van der Waals surface area (Å²) in [5, 5.41) is 3.66.